The molecule has 6 heteroatoms. The Morgan fingerprint density at radius 2 is 1.88 bits per heavy atom. The van der Waals surface area contributed by atoms with Crippen LogP contribution < -0.4 is 10.1 Å². The van der Waals surface area contributed by atoms with Crippen LogP contribution in [0.2, 0.25) is 0 Å². The number of hydrogen-bond acceptors (Lipinski definition) is 5. The third kappa shape index (κ3) is 3.97. The first kappa shape index (κ1) is 17.8. The Bertz CT molecular complexity index is 1000. The van der Waals surface area contributed by atoms with Gasteiger partial charge in [0.1, 0.15) is 5.75 Å². The number of rotatable bonds is 5. The summed E-state index contributed by atoms with van der Waals surface area (Å²) in [5, 5.41) is 3.20. The molecule has 0 saturated heterocycles. The molecule has 0 bridgehead atoms. The summed E-state index contributed by atoms with van der Waals surface area (Å²) in [6.45, 7) is 3.37. The Labute approximate surface area is 155 Å². The van der Waals surface area contributed by atoms with E-state index in [4.69, 9.17) is 4.74 Å². The number of thiazole rings is 1. The summed E-state index contributed by atoms with van der Waals surface area (Å²) in [4.78, 5) is 28.9. The zero-order chi connectivity index (χ0) is 18.7. The van der Waals surface area contributed by atoms with Crippen LogP contribution in [-0.4, -0.2) is 23.8 Å². The first-order valence-corrected chi connectivity index (χ1v) is 8.83. The number of ketones is 1. The van der Waals surface area contributed by atoms with Crippen LogP contribution in [0.1, 0.15) is 18.1 Å². The van der Waals surface area contributed by atoms with E-state index in [2.05, 4.69) is 10.3 Å². The van der Waals surface area contributed by atoms with Gasteiger partial charge in [-0.05, 0) is 55.3 Å². The van der Waals surface area contributed by atoms with Gasteiger partial charge in [0, 0.05) is 0 Å². The number of fused-ring (bicyclic) bond motifs is 1. The molecule has 0 saturated carbocycles. The van der Waals surface area contributed by atoms with Crippen LogP contribution in [0.4, 0.5) is 5.13 Å². The lowest BCUT2D eigenvalue weighted by Crippen LogP contribution is -2.18. The summed E-state index contributed by atoms with van der Waals surface area (Å²) in [7, 11) is 1.58. The van der Waals surface area contributed by atoms with Crippen molar-refractivity contribution in [3.63, 3.8) is 0 Å². The van der Waals surface area contributed by atoms with Crippen molar-refractivity contribution in [2.45, 2.75) is 13.8 Å². The number of aryl methyl sites for hydroxylation is 1. The largest absolute Gasteiger partial charge is 0.497 e. The third-order valence-electron chi connectivity index (χ3n) is 3.82. The Hall–Kier alpha value is -2.99. The quantitative estimate of drug-likeness (QED) is 0.417. The molecular formula is C20H18N2O3S. The van der Waals surface area contributed by atoms with Crippen LogP contribution in [0.3, 0.4) is 0 Å². The van der Waals surface area contributed by atoms with Gasteiger partial charge in [-0.15, -0.1) is 0 Å². The summed E-state index contributed by atoms with van der Waals surface area (Å²) >= 11 is 1.38. The number of anilines is 1. The zero-order valence-electron chi connectivity index (χ0n) is 14.7. The maximum absolute atomic E-state index is 12.6. The zero-order valence-corrected chi connectivity index (χ0v) is 15.5. The van der Waals surface area contributed by atoms with Crippen LogP contribution in [0.25, 0.3) is 16.3 Å². The fourth-order valence-electron chi connectivity index (χ4n) is 2.44. The van der Waals surface area contributed by atoms with Crippen LogP contribution in [0.15, 0.2) is 48.0 Å². The van der Waals surface area contributed by atoms with E-state index < -0.39 is 5.91 Å². The van der Waals surface area contributed by atoms with Crippen molar-refractivity contribution in [3.8, 4) is 5.75 Å². The topological polar surface area (TPSA) is 68.3 Å². The lowest BCUT2D eigenvalue weighted by Gasteiger charge is -2.05. The van der Waals surface area contributed by atoms with Gasteiger partial charge in [0.05, 0.1) is 22.9 Å². The maximum Gasteiger partial charge on any atom is 0.261 e. The summed E-state index contributed by atoms with van der Waals surface area (Å²) in [6, 6.07) is 13.0. The Kier molecular flexibility index (Phi) is 5.14. The SMILES string of the molecule is COc1ccc(/C=C(\C(C)=O)C(=O)Nc2nc3ccc(C)cc3s2)cc1. The van der Waals surface area contributed by atoms with E-state index >= 15 is 0 Å². The van der Waals surface area contributed by atoms with Crippen molar-refractivity contribution in [1.82, 2.24) is 4.98 Å². The van der Waals surface area contributed by atoms with Crippen LogP contribution in [0, 0.1) is 6.92 Å². The van der Waals surface area contributed by atoms with Crippen molar-refractivity contribution >= 4 is 44.5 Å². The highest BCUT2D eigenvalue weighted by Gasteiger charge is 2.16. The summed E-state index contributed by atoms with van der Waals surface area (Å²) < 4.78 is 6.10. The highest BCUT2D eigenvalue weighted by Crippen LogP contribution is 2.27. The average molecular weight is 366 g/mol. The molecule has 26 heavy (non-hydrogen) atoms. The van der Waals surface area contributed by atoms with Gasteiger partial charge in [0.25, 0.3) is 5.91 Å². The minimum atomic E-state index is -0.468. The van der Waals surface area contributed by atoms with Gasteiger partial charge >= 0.3 is 0 Å². The fourth-order valence-corrected chi connectivity index (χ4v) is 3.40. The second kappa shape index (κ2) is 7.49. The lowest BCUT2D eigenvalue weighted by molar-refractivity contribution is -0.118. The predicted molar refractivity (Wildman–Crippen MR) is 105 cm³/mol. The van der Waals surface area contributed by atoms with E-state index in [9.17, 15) is 9.59 Å². The number of benzene rings is 2. The number of nitrogens with one attached hydrogen (secondary N) is 1. The maximum atomic E-state index is 12.6. The van der Waals surface area contributed by atoms with Gasteiger partial charge in [-0.2, -0.15) is 0 Å². The smallest absolute Gasteiger partial charge is 0.261 e. The van der Waals surface area contributed by atoms with E-state index in [1.165, 1.54) is 18.3 Å². The number of carbonyl (C=O) groups excluding carboxylic acids is 2. The number of amides is 1. The molecule has 1 heterocycles. The second-order valence-corrected chi connectivity index (χ2v) is 6.86. The summed E-state index contributed by atoms with van der Waals surface area (Å²) in [5.41, 5.74) is 2.76. The molecule has 1 amide bonds. The van der Waals surface area contributed by atoms with Gasteiger partial charge in [0.2, 0.25) is 0 Å². The number of nitrogens with zero attached hydrogens (tertiary/aromatic N) is 1. The van der Waals surface area contributed by atoms with E-state index in [-0.39, 0.29) is 11.4 Å². The second-order valence-electron chi connectivity index (χ2n) is 5.83. The molecule has 0 unspecified atom stereocenters. The number of hydrogen-bond donors (Lipinski definition) is 1. The van der Waals surface area contributed by atoms with Gasteiger partial charge < -0.3 is 4.74 Å². The van der Waals surface area contributed by atoms with Gasteiger partial charge in [0.15, 0.2) is 10.9 Å². The predicted octanol–water partition coefficient (Wildman–Crippen LogP) is 4.22. The third-order valence-corrected chi connectivity index (χ3v) is 4.75. The van der Waals surface area contributed by atoms with Crippen molar-refractivity contribution < 1.29 is 14.3 Å². The molecule has 1 N–H and O–H groups in total. The Morgan fingerprint density at radius 1 is 1.15 bits per heavy atom. The Balaban J connectivity index is 1.85. The number of aromatic nitrogens is 1. The normalized spacial score (nSPS) is 11.4. The first-order chi connectivity index (χ1) is 12.5. The van der Waals surface area contributed by atoms with E-state index in [1.54, 1.807) is 37.5 Å². The molecule has 0 radical (unpaired) electrons. The van der Waals surface area contributed by atoms with E-state index in [0.717, 1.165) is 21.3 Å². The van der Waals surface area contributed by atoms with Crippen LogP contribution >= 0.6 is 11.3 Å². The molecule has 0 fully saturated rings. The summed E-state index contributed by atoms with van der Waals surface area (Å²) in [5.74, 6) is -0.0693. The molecular weight excluding hydrogens is 348 g/mol. The molecule has 3 aromatic rings. The van der Waals surface area contributed by atoms with Gasteiger partial charge in [-0.25, -0.2) is 4.98 Å². The molecule has 0 spiro atoms. The highest BCUT2D eigenvalue weighted by molar-refractivity contribution is 7.22. The molecule has 2 aromatic carbocycles. The molecule has 5 nitrogen and oxygen atoms in total. The lowest BCUT2D eigenvalue weighted by atomic mass is 10.1. The van der Waals surface area contributed by atoms with Crippen LogP contribution in [0.5, 0.6) is 5.75 Å². The molecule has 0 aliphatic rings. The molecule has 0 aliphatic carbocycles. The summed E-state index contributed by atoms with van der Waals surface area (Å²) in [6.07, 6.45) is 1.56. The Morgan fingerprint density at radius 3 is 2.54 bits per heavy atom. The van der Waals surface area contributed by atoms with Crippen LogP contribution in [-0.2, 0) is 9.59 Å². The molecule has 1 aromatic heterocycles. The van der Waals surface area contributed by atoms with E-state index in [1.807, 2.05) is 25.1 Å². The highest BCUT2D eigenvalue weighted by atomic mass is 32.1. The average Bonchev–Trinajstić information content (AvgIpc) is 3.01. The van der Waals surface area contributed by atoms with Crippen molar-refractivity contribution in [1.29, 1.82) is 0 Å². The van der Waals surface area contributed by atoms with E-state index in [0.29, 0.717) is 10.9 Å². The molecule has 0 aliphatic heterocycles. The first-order valence-electron chi connectivity index (χ1n) is 8.01. The molecule has 3 rings (SSSR count). The standard InChI is InChI=1S/C20H18N2O3S/c1-12-4-9-17-18(10-12)26-20(21-17)22-19(24)16(13(2)23)11-14-5-7-15(25-3)8-6-14/h4-11H,1-3H3,(H,21,22,24)/b16-11+. The minimum absolute atomic E-state index is 0.0746. The van der Waals surface area contributed by atoms with Crippen molar-refractivity contribution in [3.05, 3.63) is 59.2 Å². The molecule has 0 atom stereocenters. The number of Topliss-reactive ketones (excluding diaryl/α,β-unsaturated/α-hetero) is 1. The number of methoxy groups -OCH3 is 1. The number of ether oxygens (including phenoxy) is 1. The van der Waals surface area contributed by atoms with Gasteiger partial charge in [-0.1, -0.05) is 29.5 Å². The monoisotopic (exact) mass is 366 g/mol. The number of carbonyl (C=O) groups is 2. The fraction of sp³-hybridized carbons (Fsp3) is 0.150. The molecule has 132 valence electrons. The van der Waals surface area contributed by atoms with Gasteiger partial charge in [-0.3, -0.25) is 14.9 Å². The van der Waals surface area contributed by atoms with Crippen molar-refractivity contribution in [2.75, 3.05) is 12.4 Å². The minimum Gasteiger partial charge on any atom is -0.497 e. The van der Waals surface area contributed by atoms with Crippen molar-refractivity contribution in [2.24, 2.45) is 0 Å².